The molecule has 2 N–H and O–H groups in total. The number of aryl methyl sites for hydroxylation is 1. The number of thiazole rings is 1. The average molecular weight is 308 g/mol. The smallest absolute Gasteiger partial charge is 0.185 e. The lowest BCUT2D eigenvalue weighted by molar-refractivity contribution is 0.249. The molecule has 0 radical (unpaired) electrons. The molecular weight excluding hydrogens is 280 g/mol. The summed E-state index contributed by atoms with van der Waals surface area (Å²) in [5.74, 6) is 0.883. The summed E-state index contributed by atoms with van der Waals surface area (Å²) in [6, 6.07) is 0.101. The van der Waals surface area contributed by atoms with Crippen molar-refractivity contribution in [3.05, 3.63) is 10.6 Å². The number of hydrogen-bond donors (Lipinski definition) is 1. The van der Waals surface area contributed by atoms with Gasteiger partial charge in [0, 0.05) is 30.6 Å². The molecule has 2 aliphatic heterocycles. The van der Waals surface area contributed by atoms with Crippen molar-refractivity contribution >= 4 is 16.5 Å². The summed E-state index contributed by atoms with van der Waals surface area (Å²) in [7, 11) is 0. The molecule has 1 unspecified atom stereocenters. The van der Waals surface area contributed by atoms with Crippen LogP contribution in [0.25, 0.3) is 0 Å². The summed E-state index contributed by atoms with van der Waals surface area (Å²) < 4.78 is 0. The van der Waals surface area contributed by atoms with Gasteiger partial charge in [-0.15, -0.1) is 11.3 Å². The lowest BCUT2D eigenvalue weighted by Gasteiger charge is -2.33. The van der Waals surface area contributed by atoms with Gasteiger partial charge in [0.2, 0.25) is 0 Å². The van der Waals surface area contributed by atoms with E-state index in [1.54, 1.807) is 11.3 Å². The zero-order valence-electron chi connectivity index (χ0n) is 13.3. The Bertz CT molecular complexity index is 457. The fourth-order valence-corrected chi connectivity index (χ4v) is 4.66. The van der Waals surface area contributed by atoms with E-state index in [1.165, 1.54) is 55.3 Å². The summed E-state index contributed by atoms with van der Waals surface area (Å²) in [6.45, 7) is 10.4. The fourth-order valence-electron chi connectivity index (χ4n) is 3.59. The van der Waals surface area contributed by atoms with E-state index in [-0.39, 0.29) is 6.04 Å². The standard InChI is InChI=1S/C16H28N4S/c1-12(17)15-13(2)18-16(21-15)20-9-5-14(6-10-20)11-19-7-3-4-8-19/h12,14H,3-11,17H2,1-2H3. The summed E-state index contributed by atoms with van der Waals surface area (Å²) in [6.07, 6.45) is 5.42. The SMILES string of the molecule is Cc1nc(N2CCC(CN3CCCC3)CC2)sc1C(C)N. The molecule has 0 spiro atoms. The van der Waals surface area contributed by atoms with Gasteiger partial charge in [-0.1, -0.05) is 0 Å². The van der Waals surface area contributed by atoms with Gasteiger partial charge < -0.3 is 15.5 Å². The third-order valence-electron chi connectivity index (χ3n) is 4.83. The molecule has 0 amide bonds. The minimum absolute atomic E-state index is 0.101. The third kappa shape index (κ3) is 3.58. The topological polar surface area (TPSA) is 45.4 Å². The van der Waals surface area contributed by atoms with Crippen molar-refractivity contribution in [2.75, 3.05) is 37.6 Å². The van der Waals surface area contributed by atoms with Gasteiger partial charge in [0.05, 0.1) is 5.69 Å². The van der Waals surface area contributed by atoms with Crippen LogP contribution in [0.1, 0.15) is 49.2 Å². The van der Waals surface area contributed by atoms with Crippen LogP contribution in [0.3, 0.4) is 0 Å². The van der Waals surface area contributed by atoms with E-state index in [2.05, 4.69) is 16.7 Å². The predicted molar refractivity (Wildman–Crippen MR) is 90.1 cm³/mol. The van der Waals surface area contributed by atoms with Gasteiger partial charge in [-0.2, -0.15) is 0 Å². The van der Waals surface area contributed by atoms with Gasteiger partial charge in [-0.25, -0.2) is 4.98 Å². The van der Waals surface area contributed by atoms with Crippen molar-refractivity contribution in [2.24, 2.45) is 11.7 Å². The first-order valence-electron chi connectivity index (χ1n) is 8.33. The number of likely N-dealkylation sites (tertiary alicyclic amines) is 1. The molecular formula is C16H28N4S. The first-order valence-corrected chi connectivity index (χ1v) is 9.15. The normalized spacial score (nSPS) is 22.9. The Balaban J connectivity index is 1.54. The fraction of sp³-hybridized carbons (Fsp3) is 0.812. The molecule has 2 fully saturated rings. The van der Waals surface area contributed by atoms with Crippen LogP contribution in [0.4, 0.5) is 5.13 Å². The van der Waals surface area contributed by atoms with E-state index < -0.39 is 0 Å². The van der Waals surface area contributed by atoms with Crippen LogP contribution in [0, 0.1) is 12.8 Å². The number of rotatable bonds is 4. The molecule has 0 aliphatic carbocycles. The Labute approximate surface area is 132 Å². The molecule has 0 bridgehead atoms. The van der Waals surface area contributed by atoms with E-state index in [0.29, 0.717) is 0 Å². The van der Waals surface area contributed by atoms with Crippen LogP contribution in [-0.4, -0.2) is 42.6 Å². The van der Waals surface area contributed by atoms with E-state index in [9.17, 15) is 0 Å². The van der Waals surface area contributed by atoms with E-state index in [1.807, 2.05) is 6.92 Å². The monoisotopic (exact) mass is 308 g/mol. The molecule has 0 saturated carbocycles. The van der Waals surface area contributed by atoms with Gasteiger partial charge in [-0.05, 0) is 58.5 Å². The van der Waals surface area contributed by atoms with Gasteiger partial charge in [-0.3, -0.25) is 0 Å². The zero-order chi connectivity index (χ0) is 14.8. The van der Waals surface area contributed by atoms with E-state index >= 15 is 0 Å². The minimum atomic E-state index is 0.101. The largest absolute Gasteiger partial charge is 0.348 e. The zero-order valence-corrected chi connectivity index (χ0v) is 14.2. The summed E-state index contributed by atoms with van der Waals surface area (Å²) in [4.78, 5) is 11.1. The Morgan fingerprint density at radius 2 is 1.90 bits per heavy atom. The quantitative estimate of drug-likeness (QED) is 0.929. The molecule has 5 heteroatoms. The molecule has 2 saturated heterocycles. The molecule has 1 atom stereocenters. The predicted octanol–water partition coefficient (Wildman–Crippen LogP) is 2.78. The first kappa shape index (κ1) is 15.3. The molecule has 2 aliphatic rings. The summed E-state index contributed by atoms with van der Waals surface area (Å²) >= 11 is 1.79. The third-order valence-corrected chi connectivity index (χ3v) is 6.25. The lowest BCUT2D eigenvalue weighted by Crippen LogP contribution is -2.38. The Morgan fingerprint density at radius 1 is 1.24 bits per heavy atom. The Hall–Kier alpha value is -0.650. The molecule has 4 nitrogen and oxygen atoms in total. The number of nitrogens with zero attached hydrogens (tertiary/aromatic N) is 3. The second-order valence-electron chi connectivity index (χ2n) is 6.67. The second kappa shape index (κ2) is 6.63. The highest BCUT2D eigenvalue weighted by Gasteiger charge is 2.25. The number of anilines is 1. The number of aromatic nitrogens is 1. The van der Waals surface area contributed by atoms with Crippen molar-refractivity contribution in [1.29, 1.82) is 0 Å². The highest BCUT2D eigenvalue weighted by Crippen LogP contribution is 2.32. The second-order valence-corrected chi connectivity index (χ2v) is 7.68. The summed E-state index contributed by atoms with van der Waals surface area (Å²) in [5.41, 5.74) is 7.13. The van der Waals surface area contributed by atoms with Crippen molar-refractivity contribution in [3.63, 3.8) is 0 Å². The lowest BCUT2D eigenvalue weighted by atomic mass is 9.96. The van der Waals surface area contributed by atoms with Crippen molar-refractivity contribution in [1.82, 2.24) is 9.88 Å². The van der Waals surface area contributed by atoms with Gasteiger partial charge in [0.25, 0.3) is 0 Å². The Kier molecular flexibility index (Phi) is 4.82. The number of hydrogen-bond acceptors (Lipinski definition) is 5. The average Bonchev–Trinajstić information content (AvgIpc) is 3.09. The Morgan fingerprint density at radius 3 is 2.48 bits per heavy atom. The maximum Gasteiger partial charge on any atom is 0.185 e. The van der Waals surface area contributed by atoms with Crippen LogP contribution in [0.15, 0.2) is 0 Å². The maximum atomic E-state index is 6.02. The molecule has 3 rings (SSSR count). The molecule has 3 heterocycles. The highest BCUT2D eigenvalue weighted by molar-refractivity contribution is 7.15. The summed E-state index contributed by atoms with van der Waals surface area (Å²) in [5, 5.41) is 1.18. The van der Waals surface area contributed by atoms with E-state index in [4.69, 9.17) is 10.7 Å². The van der Waals surface area contributed by atoms with Gasteiger partial charge in [0.15, 0.2) is 5.13 Å². The number of piperidine rings is 1. The van der Waals surface area contributed by atoms with Crippen molar-refractivity contribution < 1.29 is 0 Å². The highest BCUT2D eigenvalue weighted by atomic mass is 32.1. The van der Waals surface area contributed by atoms with Crippen LogP contribution in [0.5, 0.6) is 0 Å². The van der Waals surface area contributed by atoms with Crippen LogP contribution in [-0.2, 0) is 0 Å². The number of nitrogens with two attached hydrogens (primary N) is 1. The first-order chi connectivity index (χ1) is 10.1. The van der Waals surface area contributed by atoms with Crippen molar-refractivity contribution in [3.8, 4) is 0 Å². The molecule has 1 aromatic rings. The molecule has 0 aromatic carbocycles. The minimum Gasteiger partial charge on any atom is -0.348 e. The van der Waals surface area contributed by atoms with Crippen LogP contribution in [0.2, 0.25) is 0 Å². The maximum absolute atomic E-state index is 6.02. The van der Waals surface area contributed by atoms with Gasteiger partial charge >= 0.3 is 0 Å². The molecule has 1 aromatic heterocycles. The van der Waals surface area contributed by atoms with Crippen LogP contribution < -0.4 is 10.6 Å². The van der Waals surface area contributed by atoms with Crippen LogP contribution >= 0.6 is 11.3 Å². The molecule has 21 heavy (non-hydrogen) atoms. The van der Waals surface area contributed by atoms with Gasteiger partial charge in [0.1, 0.15) is 0 Å². The van der Waals surface area contributed by atoms with Crippen molar-refractivity contribution in [2.45, 2.75) is 45.6 Å². The van der Waals surface area contributed by atoms with E-state index in [0.717, 1.165) is 24.7 Å². The molecule has 118 valence electrons.